The van der Waals surface area contributed by atoms with Gasteiger partial charge >= 0.3 is 5.97 Å². The number of benzene rings is 1. The molecule has 1 aromatic rings. The smallest absolute Gasteiger partial charge is 0.304 e. The van der Waals surface area contributed by atoms with Crippen LogP contribution in [0, 0.1) is 0 Å². The second-order valence-electron chi connectivity index (χ2n) is 4.65. The number of aryl methyl sites for hydroxylation is 1. The van der Waals surface area contributed by atoms with Crippen LogP contribution in [0.4, 0.5) is 0 Å². The highest BCUT2D eigenvalue weighted by molar-refractivity contribution is 5.68. The van der Waals surface area contributed by atoms with Crippen LogP contribution in [0.25, 0.3) is 0 Å². The van der Waals surface area contributed by atoms with Crippen LogP contribution in [-0.2, 0) is 11.2 Å². The second kappa shape index (κ2) is 6.40. The molecule has 0 saturated carbocycles. The number of carbonyl (C=O) groups is 1. The Labute approximate surface area is 103 Å². The normalized spacial score (nSPS) is 12.7. The summed E-state index contributed by atoms with van der Waals surface area (Å²) >= 11 is 0. The molecule has 94 valence electrons. The first-order valence-corrected chi connectivity index (χ1v) is 5.98. The highest BCUT2D eigenvalue weighted by Crippen LogP contribution is 2.21. The van der Waals surface area contributed by atoms with Crippen molar-refractivity contribution in [3.63, 3.8) is 0 Å². The number of rotatable bonds is 6. The van der Waals surface area contributed by atoms with Gasteiger partial charge in [0.05, 0.1) is 6.42 Å². The number of hydrogen-bond acceptors (Lipinski definition) is 2. The van der Waals surface area contributed by atoms with Gasteiger partial charge in [-0.2, -0.15) is 0 Å². The summed E-state index contributed by atoms with van der Waals surface area (Å²) in [6.45, 7) is 2.88. The zero-order valence-corrected chi connectivity index (χ0v) is 10.8. The lowest BCUT2D eigenvalue weighted by Crippen LogP contribution is -2.22. The molecule has 0 fully saturated rings. The van der Waals surface area contributed by atoms with Crippen LogP contribution in [0.2, 0.25) is 0 Å². The predicted octanol–water partition coefficient (Wildman–Crippen LogP) is 2.37. The molecule has 1 N–H and O–H groups in total. The zero-order valence-electron chi connectivity index (χ0n) is 10.8. The van der Waals surface area contributed by atoms with Gasteiger partial charge in [0.25, 0.3) is 0 Å². The lowest BCUT2D eigenvalue weighted by molar-refractivity contribution is -0.137. The van der Waals surface area contributed by atoms with Crippen molar-refractivity contribution in [3.05, 3.63) is 35.4 Å². The van der Waals surface area contributed by atoms with E-state index < -0.39 is 5.97 Å². The van der Waals surface area contributed by atoms with Crippen LogP contribution in [0.15, 0.2) is 24.3 Å². The van der Waals surface area contributed by atoms with Crippen molar-refractivity contribution in [3.8, 4) is 0 Å². The fourth-order valence-electron chi connectivity index (χ4n) is 1.96. The van der Waals surface area contributed by atoms with Gasteiger partial charge in [0.15, 0.2) is 0 Å². The van der Waals surface area contributed by atoms with E-state index in [1.807, 2.05) is 19.0 Å². The molecule has 0 bridgehead atoms. The average Bonchev–Trinajstić information content (AvgIpc) is 2.27. The van der Waals surface area contributed by atoms with E-state index in [2.05, 4.69) is 31.2 Å². The van der Waals surface area contributed by atoms with E-state index in [4.69, 9.17) is 5.11 Å². The fourth-order valence-corrected chi connectivity index (χ4v) is 1.96. The maximum absolute atomic E-state index is 10.9. The van der Waals surface area contributed by atoms with Crippen molar-refractivity contribution >= 4 is 5.97 Å². The molecule has 0 aromatic heterocycles. The van der Waals surface area contributed by atoms with E-state index in [0.29, 0.717) is 0 Å². The van der Waals surface area contributed by atoms with Crippen molar-refractivity contribution < 1.29 is 9.90 Å². The minimum Gasteiger partial charge on any atom is -0.481 e. The lowest BCUT2D eigenvalue weighted by Gasteiger charge is -2.20. The Balaban J connectivity index is 2.83. The number of carboxylic acids is 1. The van der Waals surface area contributed by atoms with Crippen molar-refractivity contribution in [1.82, 2.24) is 4.90 Å². The van der Waals surface area contributed by atoms with Gasteiger partial charge in [-0.1, -0.05) is 31.2 Å². The Morgan fingerprint density at radius 2 is 1.88 bits per heavy atom. The average molecular weight is 235 g/mol. The van der Waals surface area contributed by atoms with Gasteiger partial charge in [0, 0.05) is 12.5 Å². The summed E-state index contributed by atoms with van der Waals surface area (Å²) in [6.07, 6.45) is 1.20. The first kappa shape index (κ1) is 13.7. The van der Waals surface area contributed by atoms with E-state index in [-0.39, 0.29) is 12.3 Å². The summed E-state index contributed by atoms with van der Waals surface area (Å²) in [5, 5.41) is 8.94. The first-order chi connectivity index (χ1) is 8.02. The van der Waals surface area contributed by atoms with E-state index in [1.165, 1.54) is 5.56 Å². The van der Waals surface area contributed by atoms with Crippen molar-refractivity contribution in [2.75, 3.05) is 20.6 Å². The van der Waals surface area contributed by atoms with Gasteiger partial charge in [0.2, 0.25) is 0 Å². The highest BCUT2D eigenvalue weighted by atomic mass is 16.4. The molecule has 0 aliphatic carbocycles. The van der Waals surface area contributed by atoms with Crippen molar-refractivity contribution in [1.29, 1.82) is 0 Å². The Morgan fingerprint density at radius 3 is 2.29 bits per heavy atom. The van der Waals surface area contributed by atoms with E-state index in [9.17, 15) is 4.79 Å². The van der Waals surface area contributed by atoms with Gasteiger partial charge in [-0.3, -0.25) is 4.79 Å². The number of hydrogen-bond donors (Lipinski definition) is 1. The Morgan fingerprint density at radius 1 is 1.29 bits per heavy atom. The Hall–Kier alpha value is -1.35. The molecule has 1 rings (SSSR count). The predicted molar refractivity (Wildman–Crippen MR) is 69.4 cm³/mol. The molecule has 0 saturated heterocycles. The second-order valence-corrected chi connectivity index (χ2v) is 4.65. The Bertz CT molecular complexity index is 357. The third-order valence-corrected chi connectivity index (χ3v) is 2.87. The quantitative estimate of drug-likeness (QED) is 0.823. The van der Waals surface area contributed by atoms with Crippen LogP contribution in [0.1, 0.15) is 30.4 Å². The largest absolute Gasteiger partial charge is 0.481 e. The van der Waals surface area contributed by atoms with Crippen LogP contribution < -0.4 is 0 Å². The molecule has 3 nitrogen and oxygen atoms in total. The van der Waals surface area contributed by atoms with Gasteiger partial charge in [0.1, 0.15) is 0 Å². The van der Waals surface area contributed by atoms with E-state index >= 15 is 0 Å². The molecular weight excluding hydrogens is 214 g/mol. The minimum absolute atomic E-state index is 0.0633. The molecule has 1 unspecified atom stereocenters. The molecule has 0 amide bonds. The number of likely N-dealkylation sites (N-methyl/N-ethyl adjacent to an activating group) is 1. The van der Waals surface area contributed by atoms with Crippen LogP contribution in [0.5, 0.6) is 0 Å². The minimum atomic E-state index is -0.739. The van der Waals surface area contributed by atoms with Crippen LogP contribution in [0.3, 0.4) is 0 Å². The molecule has 17 heavy (non-hydrogen) atoms. The Kier molecular flexibility index (Phi) is 5.16. The summed E-state index contributed by atoms with van der Waals surface area (Å²) < 4.78 is 0. The van der Waals surface area contributed by atoms with Gasteiger partial charge in [-0.05, 0) is 31.6 Å². The summed E-state index contributed by atoms with van der Waals surface area (Å²) in [6, 6.07) is 8.27. The van der Waals surface area contributed by atoms with E-state index in [0.717, 1.165) is 18.5 Å². The van der Waals surface area contributed by atoms with Crippen LogP contribution >= 0.6 is 0 Å². The zero-order chi connectivity index (χ0) is 12.8. The van der Waals surface area contributed by atoms with Crippen LogP contribution in [-0.4, -0.2) is 36.6 Å². The van der Waals surface area contributed by atoms with E-state index in [1.54, 1.807) is 0 Å². The molecule has 0 spiro atoms. The maximum Gasteiger partial charge on any atom is 0.304 e. The van der Waals surface area contributed by atoms with Crippen molar-refractivity contribution in [2.24, 2.45) is 0 Å². The van der Waals surface area contributed by atoms with Gasteiger partial charge in [-0.15, -0.1) is 0 Å². The molecule has 0 heterocycles. The summed E-state index contributed by atoms with van der Waals surface area (Å²) in [5.74, 6) is -0.676. The SMILES string of the molecule is CCc1ccc(C(CC(=O)O)CN(C)C)cc1. The topological polar surface area (TPSA) is 40.5 Å². The maximum atomic E-state index is 10.9. The highest BCUT2D eigenvalue weighted by Gasteiger charge is 2.16. The number of aliphatic carboxylic acids is 1. The molecule has 1 atom stereocenters. The summed E-state index contributed by atoms with van der Waals surface area (Å²) in [4.78, 5) is 12.9. The monoisotopic (exact) mass is 235 g/mol. The first-order valence-electron chi connectivity index (χ1n) is 5.98. The lowest BCUT2D eigenvalue weighted by atomic mass is 9.94. The fraction of sp³-hybridized carbons (Fsp3) is 0.500. The summed E-state index contributed by atoms with van der Waals surface area (Å²) in [5.41, 5.74) is 2.39. The van der Waals surface area contributed by atoms with Crippen molar-refractivity contribution in [2.45, 2.75) is 25.7 Å². The van der Waals surface area contributed by atoms with Gasteiger partial charge < -0.3 is 10.0 Å². The number of nitrogens with zero attached hydrogens (tertiary/aromatic N) is 1. The molecule has 0 aliphatic rings. The third kappa shape index (κ3) is 4.57. The standard InChI is InChI=1S/C14H21NO2/c1-4-11-5-7-12(8-6-11)13(9-14(16)17)10-15(2)3/h5-8,13H,4,9-10H2,1-3H3,(H,16,17). The molecule has 1 aromatic carbocycles. The molecule has 3 heteroatoms. The molecular formula is C14H21NO2. The number of carboxylic acid groups (broad SMARTS) is 1. The third-order valence-electron chi connectivity index (χ3n) is 2.87. The molecule has 0 radical (unpaired) electrons. The van der Waals surface area contributed by atoms with Gasteiger partial charge in [-0.25, -0.2) is 0 Å². The molecule has 0 aliphatic heterocycles. The summed E-state index contributed by atoms with van der Waals surface area (Å²) in [7, 11) is 3.94.